The molecule has 0 bridgehead atoms. The number of hydrogen-bond acceptors (Lipinski definition) is 3. The fraction of sp³-hybridized carbons (Fsp3) is 0.0800. The van der Waals surface area contributed by atoms with Gasteiger partial charge in [0.1, 0.15) is 18.2 Å². The van der Waals surface area contributed by atoms with Gasteiger partial charge in [0.25, 0.3) is 0 Å². The third kappa shape index (κ3) is 4.57. The van der Waals surface area contributed by atoms with Crippen LogP contribution >= 0.6 is 0 Å². The Morgan fingerprint density at radius 3 is 1.79 bits per heavy atom. The summed E-state index contributed by atoms with van der Waals surface area (Å²) in [7, 11) is 0. The second-order valence-corrected chi connectivity index (χ2v) is 6.55. The molecule has 0 aliphatic carbocycles. The summed E-state index contributed by atoms with van der Waals surface area (Å²) < 4.78 is 5.83. The largest absolute Gasteiger partial charge is 0.487 e. The summed E-state index contributed by atoms with van der Waals surface area (Å²) in [5.41, 5.74) is 3.53. The molecule has 0 aliphatic heterocycles. The molecule has 0 saturated carbocycles. The lowest BCUT2D eigenvalue weighted by atomic mass is 9.99. The lowest BCUT2D eigenvalue weighted by Crippen LogP contribution is -2.13. The van der Waals surface area contributed by atoms with Crippen LogP contribution in [0.2, 0.25) is 0 Å². The number of pyridine rings is 1. The van der Waals surface area contributed by atoms with E-state index in [4.69, 9.17) is 4.74 Å². The minimum Gasteiger partial charge on any atom is -0.487 e. The number of nitrogens with one attached hydrogen (secondary N) is 1. The highest BCUT2D eigenvalue weighted by atomic mass is 16.5. The van der Waals surface area contributed by atoms with Gasteiger partial charge < -0.3 is 10.1 Å². The minimum absolute atomic E-state index is 0.0333. The maximum Gasteiger partial charge on any atom is 0.138 e. The molecule has 0 saturated heterocycles. The van der Waals surface area contributed by atoms with Gasteiger partial charge in [0.2, 0.25) is 0 Å². The van der Waals surface area contributed by atoms with Crippen molar-refractivity contribution in [3.8, 4) is 5.75 Å². The van der Waals surface area contributed by atoms with Gasteiger partial charge in [0, 0.05) is 0 Å². The zero-order chi connectivity index (χ0) is 19.0. The highest BCUT2D eigenvalue weighted by Gasteiger charge is 2.14. The van der Waals surface area contributed by atoms with Crippen molar-refractivity contribution in [3.63, 3.8) is 0 Å². The normalized spacial score (nSPS) is 10.6. The van der Waals surface area contributed by atoms with Crippen LogP contribution in [0.3, 0.4) is 0 Å². The van der Waals surface area contributed by atoms with Crippen LogP contribution in [0.25, 0.3) is 0 Å². The molecule has 0 aliphatic rings. The maximum absolute atomic E-state index is 5.83. The molecule has 0 atom stereocenters. The first-order chi connectivity index (χ1) is 13.9. The van der Waals surface area contributed by atoms with Gasteiger partial charge in [0.05, 0.1) is 12.2 Å². The first-order valence-corrected chi connectivity index (χ1v) is 9.38. The molecular formula is C25H22N2O. The molecule has 0 radical (unpaired) electrons. The molecule has 1 aromatic heterocycles. The van der Waals surface area contributed by atoms with Crippen molar-refractivity contribution in [2.24, 2.45) is 0 Å². The predicted molar refractivity (Wildman–Crippen MR) is 113 cm³/mol. The lowest BCUT2D eigenvalue weighted by Gasteiger charge is -2.20. The van der Waals surface area contributed by atoms with E-state index >= 15 is 0 Å². The van der Waals surface area contributed by atoms with Crippen molar-refractivity contribution < 1.29 is 4.74 Å². The average Bonchev–Trinajstić information content (AvgIpc) is 2.79. The van der Waals surface area contributed by atoms with Crippen LogP contribution in [-0.4, -0.2) is 4.98 Å². The van der Waals surface area contributed by atoms with Crippen LogP contribution in [0, 0.1) is 0 Å². The summed E-state index contributed by atoms with van der Waals surface area (Å²) >= 11 is 0. The van der Waals surface area contributed by atoms with E-state index in [1.807, 2.05) is 54.6 Å². The van der Waals surface area contributed by atoms with Gasteiger partial charge in [-0.25, -0.2) is 4.98 Å². The van der Waals surface area contributed by atoms with E-state index in [0.717, 1.165) is 17.1 Å². The monoisotopic (exact) mass is 366 g/mol. The van der Waals surface area contributed by atoms with Crippen molar-refractivity contribution in [3.05, 3.63) is 126 Å². The molecular weight excluding hydrogens is 344 g/mol. The predicted octanol–water partition coefficient (Wildman–Crippen LogP) is 5.86. The molecule has 1 heterocycles. The van der Waals surface area contributed by atoms with Gasteiger partial charge >= 0.3 is 0 Å². The molecule has 1 N–H and O–H groups in total. The number of benzene rings is 3. The fourth-order valence-electron chi connectivity index (χ4n) is 3.09. The van der Waals surface area contributed by atoms with Crippen LogP contribution in [0.5, 0.6) is 5.75 Å². The van der Waals surface area contributed by atoms with E-state index in [2.05, 4.69) is 58.8 Å². The van der Waals surface area contributed by atoms with Gasteiger partial charge in [-0.3, -0.25) is 0 Å². The van der Waals surface area contributed by atoms with Crippen LogP contribution in [0.1, 0.15) is 22.7 Å². The Morgan fingerprint density at radius 2 is 1.25 bits per heavy atom. The SMILES string of the molecule is c1ccc(COc2ccc(NC(c3ccccc3)c3ccccc3)nc2)cc1. The molecule has 28 heavy (non-hydrogen) atoms. The fourth-order valence-corrected chi connectivity index (χ4v) is 3.09. The van der Waals surface area contributed by atoms with Gasteiger partial charge in [-0.1, -0.05) is 91.0 Å². The average molecular weight is 366 g/mol. The number of aromatic nitrogens is 1. The standard InChI is InChI=1S/C25H22N2O/c1-4-10-20(11-5-1)19-28-23-16-17-24(26-18-23)27-25(21-12-6-2-7-13-21)22-14-8-3-9-15-22/h1-18,25H,19H2,(H,26,27). The van der Waals surface area contributed by atoms with E-state index < -0.39 is 0 Å². The molecule has 0 spiro atoms. The molecule has 138 valence electrons. The summed E-state index contributed by atoms with van der Waals surface area (Å²) in [6.07, 6.45) is 1.76. The number of rotatable bonds is 7. The first kappa shape index (κ1) is 17.8. The Balaban J connectivity index is 1.48. The third-order valence-electron chi connectivity index (χ3n) is 4.54. The Kier molecular flexibility index (Phi) is 5.64. The van der Waals surface area contributed by atoms with Crippen molar-refractivity contribution in [1.29, 1.82) is 0 Å². The Bertz CT molecular complexity index is 932. The molecule has 0 fully saturated rings. The molecule has 3 heteroatoms. The van der Waals surface area contributed by atoms with E-state index in [0.29, 0.717) is 6.61 Å². The highest BCUT2D eigenvalue weighted by molar-refractivity contribution is 5.45. The molecule has 0 unspecified atom stereocenters. The number of ether oxygens (including phenoxy) is 1. The van der Waals surface area contributed by atoms with Gasteiger partial charge in [-0.15, -0.1) is 0 Å². The van der Waals surface area contributed by atoms with Crippen LogP contribution in [0.4, 0.5) is 5.82 Å². The smallest absolute Gasteiger partial charge is 0.138 e. The van der Waals surface area contributed by atoms with Crippen molar-refractivity contribution in [2.75, 3.05) is 5.32 Å². The van der Waals surface area contributed by atoms with Crippen molar-refractivity contribution in [2.45, 2.75) is 12.6 Å². The van der Waals surface area contributed by atoms with E-state index in [-0.39, 0.29) is 6.04 Å². The number of nitrogens with zero attached hydrogens (tertiary/aromatic N) is 1. The van der Waals surface area contributed by atoms with Gasteiger partial charge in [0.15, 0.2) is 0 Å². The zero-order valence-corrected chi connectivity index (χ0v) is 15.5. The van der Waals surface area contributed by atoms with Crippen LogP contribution < -0.4 is 10.1 Å². The Labute approximate surface area is 165 Å². The van der Waals surface area contributed by atoms with E-state index in [9.17, 15) is 0 Å². The lowest BCUT2D eigenvalue weighted by molar-refractivity contribution is 0.305. The zero-order valence-electron chi connectivity index (χ0n) is 15.5. The summed E-state index contributed by atoms with van der Waals surface area (Å²) in [6.45, 7) is 0.534. The molecule has 3 aromatic carbocycles. The first-order valence-electron chi connectivity index (χ1n) is 9.38. The molecule has 4 rings (SSSR count). The Hall–Kier alpha value is -3.59. The second kappa shape index (κ2) is 8.87. The number of anilines is 1. The third-order valence-corrected chi connectivity index (χ3v) is 4.54. The van der Waals surface area contributed by atoms with Gasteiger partial charge in [-0.05, 0) is 28.8 Å². The highest BCUT2D eigenvalue weighted by Crippen LogP contribution is 2.26. The summed E-state index contributed by atoms with van der Waals surface area (Å²) in [6, 6.07) is 34.9. The quantitative estimate of drug-likeness (QED) is 0.445. The Morgan fingerprint density at radius 1 is 0.679 bits per heavy atom. The summed E-state index contributed by atoms with van der Waals surface area (Å²) in [5.74, 6) is 1.56. The van der Waals surface area contributed by atoms with Crippen LogP contribution in [-0.2, 0) is 6.61 Å². The van der Waals surface area contributed by atoms with Crippen molar-refractivity contribution in [1.82, 2.24) is 4.98 Å². The second-order valence-electron chi connectivity index (χ2n) is 6.55. The van der Waals surface area contributed by atoms with Gasteiger partial charge in [-0.2, -0.15) is 0 Å². The topological polar surface area (TPSA) is 34.1 Å². The molecule has 3 nitrogen and oxygen atoms in total. The van der Waals surface area contributed by atoms with Crippen molar-refractivity contribution >= 4 is 5.82 Å². The van der Waals surface area contributed by atoms with E-state index in [1.165, 1.54) is 11.1 Å². The molecule has 0 amide bonds. The summed E-state index contributed by atoms with van der Waals surface area (Å²) in [4.78, 5) is 4.55. The maximum atomic E-state index is 5.83. The molecule has 4 aromatic rings. The number of hydrogen-bond donors (Lipinski definition) is 1. The van der Waals surface area contributed by atoms with E-state index in [1.54, 1.807) is 6.20 Å². The summed E-state index contributed by atoms with van der Waals surface area (Å²) in [5, 5.41) is 3.55. The van der Waals surface area contributed by atoms with Crippen LogP contribution in [0.15, 0.2) is 109 Å². The minimum atomic E-state index is 0.0333.